The number of nitrogens with zero attached hydrogens (tertiary/aromatic N) is 1. The van der Waals surface area contributed by atoms with Crippen LogP contribution >= 0.6 is 0 Å². The van der Waals surface area contributed by atoms with Gasteiger partial charge in [0.25, 0.3) is 0 Å². The number of likely N-dealkylation sites (N-methyl/N-ethyl adjacent to an activating group) is 1. The lowest BCUT2D eigenvalue weighted by Gasteiger charge is -2.24. The standard InChI is InChI=1S/C12H24N2O3/c1-2-14(8-9-15)12(16)5-10-17-11-3-6-13-7-4-11/h11,13,15H,2-10H2,1H3. The van der Waals surface area contributed by atoms with Gasteiger partial charge in [-0.05, 0) is 32.9 Å². The average Bonchev–Trinajstić information content (AvgIpc) is 2.37. The zero-order chi connectivity index (χ0) is 12.5. The van der Waals surface area contributed by atoms with Crippen LogP contribution in [0.25, 0.3) is 0 Å². The van der Waals surface area contributed by atoms with Crippen molar-refractivity contribution in [3.63, 3.8) is 0 Å². The zero-order valence-electron chi connectivity index (χ0n) is 10.7. The van der Waals surface area contributed by atoms with Crippen molar-refractivity contribution < 1.29 is 14.6 Å². The van der Waals surface area contributed by atoms with Crippen LogP contribution in [-0.2, 0) is 9.53 Å². The normalized spacial score (nSPS) is 17.1. The molecule has 17 heavy (non-hydrogen) atoms. The summed E-state index contributed by atoms with van der Waals surface area (Å²) in [5.41, 5.74) is 0. The first-order valence-corrected chi connectivity index (χ1v) is 6.49. The lowest BCUT2D eigenvalue weighted by atomic mass is 10.1. The predicted molar refractivity (Wildman–Crippen MR) is 65.8 cm³/mol. The van der Waals surface area contributed by atoms with Crippen LogP contribution in [0.15, 0.2) is 0 Å². The molecule has 1 aliphatic rings. The Morgan fingerprint density at radius 3 is 2.76 bits per heavy atom. The molecule has 0 aromatic heterocycles. The Balaban J connectivity index is 2.13. The van der Waals surface area contributed by atoms with Crippen LogP contribution in [0.3, 0.4) is 0 Å². The summed E-state index contributed by atoms with van der Waals surface area (Å²) in [6.45, 7) is 5.51. The number of ether oxygens (including phenoxy) is 1. The van der Waals surface area contributed by atoms with Gasteiger partial charge in [-0.1, -0.05) is 0 Å². The van der Waals surface area contributed by atoms with Crippen LogP contribution in [0.2, 0.25) is 0 Å². The minimum Gasteiger partial charge on any atom is -0.395 e. The molecule has 5 heteroatoms. The number of rotatable bonds is 7. The number of aliphatic hydroxyl groups is 1. The summed E-state index contributed by atoms with van der Waals surface area (Å²) < 4.78 is 5.68. The maximum atomic E-state index is 11.7. The van der Waals surface area contributed by atoms with Crippen LogP contribution in [0, 0.1) is 0 Å². The lowest BCUT2D eigenvalue weighted by Crippen LogP contribution is -2.35. The van der Waals surface area contributed by atoms with E-state index in [9.17, 15) is 4.79 Å². The van der Waals surface area contributed by atoms with E-state index in [0.29, 0.717) is 32.2 Å². The highest BCUT2D eigenvalue weighted by molar-refractivity contribution is 5.76. The number of carbonyl (C=O) groups excluding carboxylic acids is 1. The first kappa shape index (κ1) is 14.4. The molecule has 1 rings (SSSR count). The number of carbonyl (C=O) groups is 1. The van der Waals surface area contributed by atoms with Crippen molar-refractivity contribution in [3.05, 3.63) is 0 Å². The van der Waals surface area contributed by atoms with Gasteiger partial charge in [-0.15, -0.1) is 0 Å². The van der Waals surface area contributed by atoms with Crippen LogP contribution in [0.4, 0.5) is 0 Å². The summed E-state index contributed by atoms with van der Waals surface area (Å²) in [6, 6.07) is 0. The highest BCUT2D eigenvalue weighted by Gasteiger charge is 2.15. The van der Waals surface area contributed by atoms with E-state index in [4.69, 9.17) is 9.84 Å². The Morgan fingerprint density at radius 2 is 2.18 bits per heavy atom. The summed E-state index contributed by atoms with van der Waals surface area (Å²) in [7, 11) is 0. The molecular formula is C12H24N2O3. The molecule has 1 heterocycles. The molecule has 1 aliphatic heterocycles. The van der Waals surface area contributed by atoms with Crippen molar-refractivity contribution >= 4 is 5.91 Å². The minimum absolute atomic E-state index is 0.0226. The molecule has 1 fully saturated rings. The average molecular weight is 244 g/mol. The van der Waals surface area contributed by atoms with E-state index in [0.717, 1.165) is 25.9 Å². The van der Waals surface area contributed by atoms with Crippen LogP contribution in [0.5, 0.6) is 0 Å². The maximum absolute atomic E-state index is 11.7. The van der Waals surface area contributed by atoms with Gasteiger partial charge in [0.1, 0.15) is 0 Å². The summed E-state index contributed by atoms with van der Waals surface area (Å²) in [5, 5.41) is 12.1. The number of piperidine rings is 1. The molecule has 0 aliphatic carbocycles. The molecule has 2 N–H and O–H groups in total. The van der Waals surface area contributed by atoms with E-state index < -0.39 is 0 Å². The summed E-state index contributed by atoms with van der Waals surface area (Å²) in [4.78, 5) is 13.4. The van der Waals surface area contributed by atoms with Gasteiger partial charge in [0.2, 0.25) is 5.91 Å². The molecule has 100 valence electrons. The van der Waals surface area contributed by atoms with Crippen molar-refractivity contribution in [2.45, 2.75) is 32.3 Å². The number of hydrogen-bond acceptors (Lipinski definition) is 4. The van der Waals surface area contributed by atoms with E-state index in [2.05, 4.69) is 5.32 Å². The largest absolute Gasteiger partial charge is 0.395 e. The number of amides is 1. The molecule has 0 unspecified atom stereocenters. The second-order valence-corrected chi connectivity index (χ2v) is 4.27. The van der Waals surface area contributed by atoms with Crippen LogP contribution < -0.4 is 5.32 Å². The molecule has 1 saturated heterocycles. The van der Waals surface area contributed by atoms with E-state index >= 15 is 0 Å². The van der Waals surface area contributed by atoms with E-state index in [-0.39, 0.29) is 12.5 Å². The predicted octanol–water partition coefficient (Wildman–Crippen LogP) is -0.0141. The first-order valence-electron chi connectivity index (χ1n) is 6.49. The van der Waals surface area contributed by atoms with E-state index in [1.54, 1.807) is 4.90 Å². The third kappa shape index (κ3) is 5.48. The molecule has 0 spiro atoms. The van der Waals surface area contributed by atoms with Crippen LogP contribution in [0.1, 0.15) is 26.2 Å². The fourth-order valence-electron chi connectivity index (χ4n) is 2.01. The van der Waals surface area contributed by atoms with Gasteiger partial charge in [-0.2, -0.15) is 0 Å². The summed E-state index contributed by atoms with van der Waals surface area (Å²) >= 11 is 0. The Kier molecular flexibility index (Phi) is 7.16. The van der Waals surface area contributed by atoms with Gasteiger partial charge < -0.3 is 20.1 Å². The van der Waals surface area contributed by atoms with Crippen molar-refractivity contribution in [2.75, 3.05) is 39.4 Å². The molecule has 0 bridgehead atoms. The molecular weight excluding hydrogens is 220 g/mol. The first-order chi connectivity index (χ1) is 8.27. The fourth-order valence-corrected chi connectivity index (χ4v) is 2.01. The molecule has 0 aromatic carbocycles. The number of hydrogen-bond donors (Lipinski definition) is 2. The Hall–Kier alpha value is -0.650. The minimum atomic E-state index is 0.0226. The monoisotopic (exact) mass is 244 g/mol. The third-order valence-electron chi connectivity index (χ3n) is 3.06. The quantitative estimate of drug-likeness (QED) is 0.661. The van der Waals surface area contributed by atoms with Gasteiger partial charge in [0, 0.05) is 13.1 Å². The second kappa shape index (κ2) is 8.44. The van der Waals surface area contributed by atoms with Crippen molar-refractivity contribution in [1.29, 1.82) is 0 Å². The highest BCUT2D eigenvalue weighted by Crippen LogP contribution is 2.07. The Labute approximate surface area is 103 Å². The molecule has 0 saturated carbocycles. The Bertz CT molecular complexity index is 218. The number of aliphatic hydroxyl groups excluding tert-OH is 1. The maximum Gasteiger partial charge on any atom is 0.224 e. The smallest absolute Gasteiger partial charge is 0.224 e. The highest BCUT2D eigenvalue weighted by atomic mass is 16.5. The van der Waals surface area contributed by atoms with Crippen molar-refractivity contribution in [2.24, 2.45) is 0 Å². The van der Waals surface area contributed by atoms with Gasteiger partial charge in [-0.25, -0.2) is 0 Å². The van der Waals surface area contributed by atoms with Crippen molar-refractivity contribution in [3.8, 4) is 0 Å². The molecule has 5 nitrogen and oxygen atoms in total. The summed E-state index contributed by atoms with van der Waals surface area (Å²) in [6.07, 6.45) is 2.78. The van der Waals surface area contributed by atoms with E-state index in [1.807, 2.05) is 6.92 Å². The van der Waals surface area contributed by atoms with Gasteiger partial charge in [-0.3, -0.25) is 4.79 Å². The number of nitrogens with one attached hydrogen (secondary N) is 1. The molecule has 0 radical (unpaired) electrons. The van der Waals surface area contributed by atoms with Gasteiger partial charge >= 0.3 is 0 Å². The zero-order valence-corrected chi connectivity index (χ0v) is 10.7. The van der Waals surface area contributed by atoms with Gasteiger partial charge in [0.05, 0.1) is 25.7 Å². The fraction of sp³-hybridized carbons (Fsp3) is 0.917. The van der Waals surface area contributed by atoms with Gasteiger partial charge in [0.15, 0.2) is 0 Å². The van der Waals surface area contributed by atoms with Crippen molar-refractivity contribution in [1.82, 2.24) is 10.2 Å². The third-order valence-corrected chi connectivity index (χ3v) is 3.06. The second-order valence-electron chi connectivity index (χ2n) is 4.27. The topological polar surface area (TPSA) is 61.8 Å². The summed E-state index contributed by atoms with van der Waals surface area (Å²) in [5.74, 6) is 0.0653. The Morgan fingerprint density at radius 1 is 1.47 bits per heavy atom. The van der Waals surface area contributed by atoms with Crippen LogP contribution in [-0.4, -0.2) is 61.4 Å². The molecule has 0 aromatic rings. The molecule has 1 amide bonds. The molecule has 0 atom stereocenters. The lowest BCUT2D eigenvalue weighted by molar-refractivity contribution is -0.133. The van der Waals surface area contributed by atoms with E-state index in [1.165, 1.54) is 0 Å². The SMILES string of the molecule is CCN(CCO)C(=O)CCOC1CCNCC1.